The van der Waals surface area contributed by atoms with E-state index in [0.29, 0.717) is 0 Å². The molecule has 0 atom stereocenters. The van der Waals surface area contributed by atoms with Crippen LogP contribution in [0.2, 0.25) is 0 Å². The highest BCUT2D eigenvalue weighted by Crippen LogP contribution is 2.28. The van der Waals surface area contributed by atoms with Gasteiger partial charge in [0.2, 0.25) is 0 Å². The number of ether oxygens (including phenoxy) is 1. The SMILES string of the molecule is CC(C)(C)OC(=O)N(CC(=O)c1cccc(F)c1)C1CC1. The number of hydrogen-bond donors (Lipinski definition) is 0. The molecule has 1 aromatic carbocycles. The van der Waals surface area contributed by atoms with Gasteiger partial charge >= 0.3 is 6.09 Å². The van der Waals surface area contributed by atoms with E-state index in [-0.39, 0.29) is 23.9 Å². The van der Waals surface area contributed by atoms with Crippen LogP contribution in [0.1, 0.15) is 44.0 Å². The third-order valence-corrected chi connectivity index (χ3v) is 3.08. The molecule has 0 N–H and O–H groups in total. The van der Waals surface area contributed by atoms with Crippen molar-refractivity contribution in [2.24, 2.45) is 0 Å². The zero-order chi connectivity index (χ0) is 15.6. The second-order valence-electron chi connectivity index (χ2n) is 6.27. The molecule has 21 heavy (non-hydrogen) atoms. The average molecular weight is 293 g/mol. The predicted molar refractivity (Wildman–Crippen MR) is 76.7 cm³/mol. The van der Waals surface area contributed by atoms with E-state index in [4.69, 9.17) is 4.74 Å². The van der Waals surface area contributed by atoms with Gasteiger partial charge in [0.25, 0.3) is 0 Å². The fourth-order valence-corrected chi connectivity index (χ4v) is 1.96. The van der Waals surface area contributed by atoms with E-state index in [0.717, 1.165) is 12.8 Å². The number of rotatable bonds is 4. The van der Waals surface area contributed by atoms with E-state index < -0.39 is 17.5 Å². The van der Waals surface area contributed by atoms with E-state index in [1.165, 1.54) is 23.1 Å². The van der Waals surface area contributed by atoms with Crippen molar-refractivity contribution in [2.45, 2.75) is 45.3 Å². The standard InChI is InChI=1S/C16H20FNO3/c1-16(2,3)21-15(20)18(13-7-8-13)10-14(19)11-5-4-6-12(17)9-11/h4-6,9,13H,7-8,10H2,1-3H3. The maximum atomic E-state index is 13.2. The Morgan fingerprint density at radius 1 is 1.33 bits per heavy atom. The molecule has 1 amide bonds. The first kappa shape index (κ1) is 15.5. The zero-order valence-electron chi connectivity index (χ0n) is 12.6. The Labute approximate surface area is 123 Å². The molecule has 0 spiro atoms. The van der Waals surface area contributed by atoms with Gasteiger partial charge in [-0.05, 0) is 45.7 Å². The molecule has 0 radical (unpaired) electrons. The number of carbonyl (C=O) groups is 2. The largest absolute Gasteiger partial charge is 0.444 e. The third-order valence-electron chi connectivity index (χ3n) is 3.08. The van der Waals surface area contributed by atoms with Crippen LogP contribution in [0.5, 0.6) is 0 Å². The van der Waals surface area contributed by atoms with E-state index in [1.807, 2.05) is 0 Å². The molecular formula is C16H20FNO3. The highest BCUT2D eigenvalue weighted by molar-refractivity contribution is 5.99. The molecule has 4 nitrogen and oxygen atoms in total. The molecule has 1 fully saturated rings. The molecule has 0 aliphatic heterocycles. The Hall–Kier alpha value is -1.91. The summed E-state index contributed by atoms with van der Waals surface area (Å²) >= 11 is 0. The summed E-state index contributed by atoms with van der Waals surface area (Å²) in [6, 6.07) is 5.55. The lowest BCUT2D eigenvalue weighted by Crippen LogP contribution is -2.41. The normalized spacial score (nSPS) is 14.7. The quantitative estimate of drug-likeness (QED) is 0.799. The molecule has 0 aromatic heterocycles. The molecule has 2 rings (SSSR count). The minimum atomic E-state index is -0.605. The highest BCUT2D eigenvalue weighted by atomic mass is 19.1. The minimum Gasteiger partial charge on any atom is -0.444 e. The fraction of sp³-hybridized carbons (Fsp3) is 0.500. The van der Waals surface area contributed by atoms with Gasteiger partial charge in [-0.1, -0.05) is 12.1 Å². The maximum absolute atomic E-state index is 13.2. The van der Waals surface area contributed by atoms with Gasteiger partial charge in [-0.15, -0.1) is 0 Å². The fourth-order valence-electron chi connectivity index (χ4n) is 1.96. The van der Waals surface area contributed by atoms with Crippen LogP contribution >= 0.6 is 0 Å². The zero-order valence-corrected chi connectivity index (χ0v) is 12.6. The van der Waals surface area contributed by atoms with Crippen molar-refractivity contribution >= 4 is 11.9 Å². The summed E-state index contributed by atoms with van der Waals surface area (Å²) < 4.78 is 18.5. The van der Waals surface area contributed by atoms with Crippen LogP contribution in [0.4, 0.5) is 9.18 Å². The molecule has 1 aliphatic rings. The third kappa shape index (κ3) is 4.55. The van der Waals surface area contributed by atoms with E-state index in [9.17, 15) is 14.0 Å². The Morgan fingerprint density at radius 3 is 2.52 bits per heavy atom. The van der Waals surface area contributed by atoms with Crippen LogP contribution in [-0.4, -0.2) is 35.0 Å². The van der Waals surface area contributed by atoms with Gasteiger partial charge in [0, 0.05) is 11.6 Å². The highest BCUT2D eigenvalue weighted by Gasteiger charge is 2.36. The molecule has 1 saturated carbocycles. The van der Waals surface area contributed by atoms with Gasteiger partial charge in [-0.2, -0.15) is 0 Å². The number of Topliss-reactive ketones (excluding diaryl/α,β-unsaturated/α-hetero) is 1. The lowest BCUT2D eigenvalue weighted by molar-refractivity contribution is 0.0232. The van der Waals surface area contributed by atoms with E-state index in [2.05, 4.69) is 0 Å². The van der Waals surface area contributed by atoms with Crippen molar-refractivity contribution < 1.29 is 18.7 Å². The molecule has 1 aliphatic carbocycles. The van der Waals surface area contributed by atoms with Gasteiger partial charge < -0.3 is 4.74 Å². The minimum absolute atomic E-state index is 0.0531. The number of carbonyl (C=O) groups excluding carboxylic acids is 2. The summed E-state index contributed by atoms with van der Waals surface area (Å²) in [5.74, 6) is -0.747. The smallest absolute Gasteiger partial charge is 0.410 e. The number of hydrogen-bond acceptors (Lipinski definition) is 3. The molecule has 5 heteroatoms. The maximum Gasteiger partial charge on any atom is 0.410 e. The summed E-state index contributed by atoms with van der Waals surface area (Å²) in [4.78, 5) is 25.8. The molecule has 0 heterocycles. The van der Waals surface area contributed by atoms with Gasteiger partial charge in [0.15, 0.2) is 5.78 Å². The number of halogens is 1. The van der Waals surface area contributed by atoms with Crippen LogP contribution in [0.25, 0.3) is 0 Å². The summed E-state index contributed by atoms with van der Waals surface area (Å²) in [7, 11) is 0. The Balaban J connectivity index is 2.06. The van der Waals surface area contributed by atoms with Crippen LogP contribution in [0.15, 0.2) is 24.3 Å². The Morgan fingerprint density at radius 2 is 2.00 bits per heavy atom. The average Bonchev–Trinajstić information content (AvgIpc) is 3.17. The Bertz CT molecular complexity index is 547. The lowest BCUT2D eigenvalue weighted by Gasteiger charge is -2.27. The number of ketones is 1. The number of nitrogens with zero attached hydrogens (tertiary/aromatic N) is 1. The molecule has 1 aromatic rings. The first-order chi connectivity index (χ1) is 9.76. The molecule has 0 bridgehead atoms. The summed E-state index contributed by atoms with van der Waals surface area (Å²) in [5, 5.41) is 0. The summed E-state index contributed by atoms with van der Waals surface area (Å²) in [5.41, 5.74) is -0.337. The van der Waals surface area contributed by atoms with Crippen molar-refractivity contribution in [2.75, 3.05) is 6.54 Å². The Kier molecular flexibility index (Phi) is 4.30. The van der Waals surface area contributed by atoms with Gasteiger partial charge in [0.05, 0.1) is 6.54 Å². The molecule has 114 valence electrons. The van der Waals surface area contributed by atoms with Crippen molar-refractivity contribution in [1.29, 1.82) is 0 Å². The van der Waals surface area contributed by atoms with Crippen molar-refractivity contribution in [3.63, 3.8) is 0 Å². The monoisotopic (exact) mass is 293 g/mol. The van der Waals surface area contributed by atoms with Crippen molar-refractivity contribution in [3.05, 3.63) is 35.6 Å². The summed E-state index contributed by atoms with van der Waals surface area (Å²) in [6.07, 6.45) is 1.25. The van der Waals surface area contributed by atoms with Crippen LogP contribution in [-0.2, 0) is 4.74 Å². The van der Waals surface area contributed by atoms with Gasteiger partial charge in [-0.3, -0.25) is 9.69 Å². The van der Waals surface area contributed by atoms with Crippen LogP contribution < -0.4 is 0 Å². The molecule has 0 saturated heterocycles. The van der Waals surface area contributed by atoms with Crippen molar-refractivity contribution in [3.8, 4) is 0 Å². The van der Waals surface area contributed by atoms with E-state index >= 15 is 0 Å². The second-order valence-corrected chi connectivity index (χ2v) is 6.27. The first-order valence-electron chi connectivity index (χ1n) is 7.04. The second kappa shape index (κ2) is 5.84. The first-order valence-corrected chi connectivity index (χ1v) is 7.04. The number of amides is 1. The molecular weight excluding hydrogens is 273 g/mol. The topological polar surface area (TPSA) is 46.6 Å². The van der Waals surface area contributed by atoms with Crippen molar-refractivity contribution in [1.82, 2.24) is 4.90 Å². The number of benzene rings is 1. The van der Waals surface area contributed by atoms with E-state index in [1.54, 1.807) is 26.8 Å². The van der Waals surface area contributed by atoms with Gasteiger partial charge in [0.1, 0.15) is 11.4 Å². The van der Waals surface area contributed by atoms with Crippen LogP contribution in [0, 0.1) is 5.82 Å². The predicted octanol–water partition coefficient (Wildman–Crippen LogP) is 3.41. The van der Waals surface area contributed by atoms with Gasteiger partial charge in [-0.25, -0.2) is 9.18 Å². The molecule has 0 unspecified atom stereocenters. The van der Waals surface area contributed by atoms with Crippen LogP contribution in [0.3, 0.4) is 0 Å². The summed E-state index contributed by atoms with van der Waals surface area (Å²) in [6.45, 7) is 5.27. The lowest BCUT2D eigenvalue weighted by atomic mass is 10.1.